The molecule has 94 valence electrons. The molecule has 1 fully saturated rings. The van der Waals surface area contributed by atoms with Crippen molar-refractivity contribution in [1.29, 1.82) is 0 Å². The van der Waals surface area contributed by atoms with E-state index in [0.717, 1.165) is 29.3 Å². The summed E-state index contributed by atoms with van der Waals surface area (Å²) in [4.78, 5) is 10.9. The van der Waals surface area contributed by atoms with Gasteiger partial charge in [0.2, 0.25) is 0 Å². The van der Waals surface area contributed by atoms with Crippen molar-refractivity contribution in [3.05, 3.63) is 12.4 Å². The molecule has 1 aliphatic heterocycles. The molecule has 0 aliphatic carbocycles. The summed E-state index contributed by atoms with van der Waals surface area (Å²) in [5.74, 6) is 0.992. The smallest absolute Gasteiger partial charge is 0.133 e. The van der Waals surface area contributed by atoms with Crippen molar-refractivity contribution in [3.8, 4) is 0 Å². The maximum Gasteiger partial charge on any atom is 0.133 e. The Kier molecular flexibility index (Phi) is 4.64. The fourth-order valence-electron chi connectivity index (χ4n) is 1.83. The van der Waals surface area contributed by atoms with Crippen LogP contribution in [0.4, 0.5) is 5.82 Å². The van der Waals surface area contributed by atoms with Crippen LogP contribution in [0.5, 0.6) is 0 Å². The molecule has 2 heterocycles. The summed E-state index contributed by atoms with van der Waals surface area (Å²) in [6.45, 7) is 3.78. The lowest BCUT2D eigenvalue weighted by Crippen LogP contribution is -2.49. The molecule has 6 heteroatoms. The summed E-state index contributed by atoms with van der Waals surface area (Å²) in [7, 11) is 0. The molecule has 1 aromatic rings. The quantitative estimate of drug-likeness (QED) is 0.485. The van der Waals surface area contributed by atoms with Gasteiger partial charge < -0.3 is 9.64 Å². The summed E-state index contributed by atoms with van der Waals surface area (Å²) in [6.07, 6.45) is 3.89. The zero-order valence-electron chi connectivity index (χ0n) is 9.97. The van der Waals surface area contributed by atoms with Gasteiger partial charge in [0.25, 0.3) is 0 Å². The average molecular weight is 318 g/mol. The number of hydrogen-bond acceptors (Lipinski definition) is 5. The van der Waals surface area contributed by atoms with Crippen LogP contribution >= 0.6 is 27.7 Å². The first kappa shape index (κ1) is 13.1. The van der Waals surface area contributed by atoms with E-state index >= 15 is 0 Å². The van der Waals surface area contributed by atoms with Crippen LogP contribution in [0, 0.1) is 0 Å². The second-order valence-electron chi connectivity index (χ2n) is 4.03. The Morgan fingerprint density at radius 3 is 3.12 bits per heavy atom. The minimum Gasteiger partial charge on any atom is -0.373 e. The lowest BCUT2D eigenvalue weighted by Gasteiger charge is -2.38. The number of hydrogen-bond donors (Lipinski definition) is 0. The molecule has 1 aliphatic rings. The molecule has 0 bridgehead atoms. The lowest BCUT2D eigenvalue weighted by molar-refractivity contribution is 0.0376. The molecular formula is C11H16BrN3OS. The maximum absolute atomic E-state index is 5.71. The number of halogens is 1. The van der Waals surface area contributed by atoms with E-state index in [1.54, 1.807) is 18.1 Å². The van der Waals surface area contributed by atoms with Crippen molar-refractivity contribution >= 4 is 33.5 Å². The first-order valence-electron chi connectivity index (χ1n) is 5.55. The number of alkyl halides is 1. The van der Waals surface area contributed by atoms with Crippen LogP contribution in [0.15, 0.2) is 17.4 Å². The Balaban J connectivity index is 2.18. The molecule has 0 radical (unpaired) electrons. The highest BCUT2D eigenvalue weighted by Crippen LogP contribution is 2.23. The van der Waals surface area contributed by atoms with Gasteiger partial charge in [0.05, 0.1) is 18.8 Å². The van der Waals surface area contributed by atoms with Gasteiger partial charge in [0, 0.05) is 17.9 Å². The van der Waals surface area contributed by atoms with Crippen LogP contribution in [0.3, 0.4) is 0 Å². The van der Waals surface area contributed by atoms with Crippen LogP contribution in [0.2, 0.25) is 0 Å². The minimum absolute atomic E-state index is 0.235. The van der Waals surface area contributed by atoms with Gasteiger partial charge in [0.15, 0.2) is 0 Å². The van der Waals surface area contributed by atoms with E-state index in [-0.39, 0.29) is 6.10 Å². The SMILES string of the molecule is CSc1cc(N2CC(CBr)OCC2C)ncn1. The van der Waals surface area contributed by atoms with Crippen molar-refractivity contribution in [2.24, 2.45) is 0 Å². The highest BCUT2D eigenvalue weighted by atomic mass is 79.9. The molecule has 2 atom stereocenters. The van der Waals surface area contributed by atoms with Gasteiger partial charge in [-0.25, -0.2) is 9.97 Å². The van der Waals surface area contributed by atoms with Crippen LogP contribution in [0.1, 0.15) is 6.92 Å². The predicted octanol–water partition coefficient (Wildman–Crippen LogP) is 2.19. The van der Waals surface area contributed by atoms with E-state index in [1.165, 1.54) is 0 Å². The monoisotopic (exact) mass is 317 g/mol. The Labute approximate surface area is 114 Å². The summed E-state index contributed by atoms with van der Waals surface area (Å²) < 4.78 is 5.71. The lowest BCUT2D eigenvalue weighted by atomic mass is 10.2. The Hall–Kier alpha value is -0.330. The predicted molar refractivity (Wildman–Crippen MR) is 74.2 cm³/mol. The Morgan fingerprint density at radius 1 is 1.59 bits per heavy atom. The topological polar surface area (TPSA) is 38.2 Å². The molecule has 0 amide bonds. The fourth-order valence-corrected chi connectivity index (χ4v) is 2.60. The molecule has 2 rings (SSSR count). The second kappa shape index (κ2) is 6.02. The number of rotatable bonds is 3. The fraction of sp³-hybridized carbons (Fsp3) is 0.636. The molecule has 0 N–H and O–H groups in total. The van der Waals surface area contributed by atoms with E-state index in [0.29, 0.717) is 6.04 Å². The van der Waals surface area contributed by atoms with E-state index in [2.05, 4.69) is 37.7 Å². The molecule has 0 saturated carbocycles. The minimum atomic E-state index is 0.235. The van der Waals surface area contributed by atoms with E-state index in [9.17, 15) is 0 Å². The normalized spacial score (nSPS) is 25.0. The van der Waals surface area contributed by atoms with Gasteiger partial charge >= 0.3 is 0 Å². The second-order valence-corrected chi connectivity index (χ2v) is 5.50. The van der Waals surface area contributed by atoms with Gasteiger partial charge in [-0.05, 0) is 13.2 Å². The maximum atomic E-state index is 5.71. The van der Waals surface area contributed by atoms with Gasteiger partial charge in [-0.15, -0.1) is 11.8 Å². The molecule has 2 unspecified atom stereocenters. The van der Waals surface area contributed by atoms with Crippen molar-refractivity contribution in [2.75, 3.05) is 29.6 Å². The molecule has 0 aromatic carbocycles. The van der Waals surface area contributed by atoms with Gasteiger partial charge in [-0.2, -0.15) is 0 Å². The van der Waals surface area contributed by atoms with Crippen molar-refractivity contribution in [2.45, 2.75) is 24.1 Å². The van der Waals surface area contributed by atoms with E-state index in [4.69, 9.17) is 4.74 Å². The Bertz CT molecular complexity index is 379. The zero-order valence-corrected chi connectivity index (χ0v) is 12.4. The molecule has 4 nitrogen and oxygen atoms in total. The highest BCUT2D eigenvalue weighted by Gasteiger charge is 2.26. The van der Waals surface area contributed by atoms with Crippen molar-refractivity contribution in [1.82, 2.24) is 9.97 Å². The third-order valence-corrected chi connectivity index (χ3v) is 4.17. The third kappa shape index (κ3) is 3.11. The highest BCUT2D eigenvalue weighted by molar-refractivity contribution is 9.09. The summed E-state index contributed by atoms with van der Waals surface area (Å²) in [6, 6.07) is 2.40. The van der Waals surface area contributed by atoms with Gasteiger partial charge in [-0.1, -0.05) is 15.9 Å². The number of aromatic nitrogens is 2. The van der Waals surface area contributed by atoms with Crippen molar-refractivity contribution < 1.29 is 4.74 Å². The van der Waals surface area contributed by atoms with Crippen molar-refractivity contribution in [3.63, 3.8) is 0 Å². The number of morpholine rings is 1. The summed E-state index contributed by atoms with van der Waals surface area (Å²) >= 11 is 5.11. The van der Waals surface area contributed by atoms with Crippen LogP contribution in [-0.4, -0.2) is 46.9 Å². The van der Waals surface area contributed by atoms with Crippen LogP contribution in [0.25, 0.3) is 0 Å². The van der Waals surface area contributed by atoms with E-state index < -0.39 is 0 Å². The third-order valence-electron chi connectivity index (χ3n) is 2.81. The molecular weight excluding hydrogens is 302 g/mol. The standard InChI is InChI=1S/C11H16BrN3OS/c1-8-6-16-9(4-12)5-15(8)10-3-11(17-2)14-7-13-10/h3,7-9H,4-6H2,1-2H3. The number of anilines is 1. The Morgan fingerprint density at radius 2 is 2.41 bits per heavy atom. The largest absolute Gasteiger partial charge is 0.373 e. The summed E-state index contributed by atoms with van der Waals surface area (Å²) in [5.41, 5.74) is 0. The first-order chi connectivity index (χ1) is 8.24. The van der Waals surface area contributed by atoms with Crippen LogP contribution < -0.4 is 4.90 Å². The van der Waals surface area contributed by atoms with Gasteiger partial charge in [0.1, 0.15) is 17.2 Å². The number of thioether (sulfide) groups is 1. The summed E-state index contributed by atoms with van der Waals surface area (Å²) in [5, 5.41) is 1.86. The van der Waals surface area contributed by atoms with Crippen LogP contribution in [-0.2, 0) is 4.74 Å². The van der Waals surface area contributed by atoms with E-state index in [1.807, 2.05) is 12.3 Å². The average Bonchev–Trinajstić information content (AvgIpc) is 2.39. The van der Waals surface area contributed by atoms with Gasteiger partial charge in [-0.3, -0.25) is 0 Å². The molecule has 0 spiro atoms. The number of ether oxygens (including phenoxy) is 1. The number of nitrogens with zero attached hydrogens (tertiary/aromatic N) is 3. The first-order valence-corrected chi connectivity index (χ1v) is 7.89. The zero-order chi connectivity index (χ0) is 12.3. The molecule has 1 aromatic heterocycles. The molecule has 17 heavy (non-hydrogen) atoms. The molecule has 1 saturated heterocycles.